The number of aromatic nitrogens is 1. The summed E-state index contributed by atoms with van der Waals surface area (Å²) in [5.74, 6) is -1.06. The molecule has 1 heterocycles. The minimum absolute atomic E-state index is 0.00809. The van der Waals surface area contributed by atoms with Crippen molar-refractivity contribution in [3.05, 3.63) is 40.3 Å². The minimum atomic E-state index is -3.32. The van der Waals surface area contributed by atoms with Crippen LogP contribution in [0.25, 0.3) is 0 Å². The summed E-state index contributed by atoms with van der Waals surface area (Å²) >= 11 is 1.21. The largest absolute Gasteiger partial charge is 0.476 e. The molecule has 0 unspecified atom stereocenters. The Labute approximate surface area is 126 Å². The predicted molar refractivity (Wildman–Crippen MR) is 80.6 cm³/mol. The Bertz CT molecular complexity index is 753. The van der Waals surface area contributed by atoms with Gasteiger partial charge in [0.2, 0.25) is 0 Å². The first-order chi connectivity index (χ1) is 9.94. The second-order valence-corrected chi connectivity index (χ2v) is 7.37. The van der Waals surface area contributed by atoms with Gasteiger partial charge in [0.25, 0.3) is 0 Å². The lowest BCUT2D eigenvalue weighted by atomic mass is 10.3. The zero-order valence-corrected chi connectivity index (χ0v) is 12.9. The molecule has 0 fully saturated rings. The molecule has 0 amide bonds. The summed E-state index contributed by atoms with van der Waals surface area (Å²) in [7, 11) is -3.32. The number of carboxylic acid groups (broad SMARTS) is 1. The molecule has 2 aromatic rings. The maximum atomic E-state index is 12.0. The molecule has 0 saturated carbocycles. The van der Waals surface area contributed by atoms with E-state index < -0.39 is 15.8 Å². The lowest BCUT2D eigenvalue weighted by Gasteiger charge is -2.10. The third-order valence-electron chi connectivity index (χ3n) is 2.80. The third-order valence-corrected chi connectivity index (χ3v) is 5.44. The Morgan fingerprint density at radius 3 is 2.71 bits per heavy atom. The van der Waals surface area contributed by atoms with Crippen LogP contribution in [0.2, 0.25) is 0 Å². The summed E-state index contributed by atoms with van der Waals surface area (Å²) < 4.78 is 24.0. The van der Waals surface area contributed by atoms with E-state index >= 15 is 0 Å². The second kappa shape index (κ2) is 6.23. The molecule has 0 aliphatic heterocycles. The van der Waals surface area contributed by atoms with E-state index in [-0.39, 0.29) is 22.9 Å². The van der Waals surface area contributed by atoms with Crippen molar-refractivity contribution in [2.45, 2.75) is 18.4 Å². The fourth-order valence-electron chi connectivity index (χ4n) is 1.70. The molecule has 6 nitrogen and oxygen atoms in total. The van der Waals surface area contributed by atoms with Crippen LogP contribution in [0.4, 0.5) is 5.69 Å². The first kappa shape index (κ1) is 15.5. The number of anilines is 1. The number of nitrogens with one attached hydrogen (secondary N) is 1. The molecule has 0 aliphatic rings. The number of nitrogens with zero attached hydrogens (tertiary/aromatic N) is 1. The monoisotopic (exact) mass is 326 g/mol. The Morgan fingerprint density at radius 2 is 2.10 bits per heavy atom. The van der Waals surface area contributed by atoms with Gasteiger partial charge in [-0.3, -0.25) is 0 Å². The van der Waals surface area contributed by atoms with Crippen LogP contribution < -0.4 is 5.32 Å². The van der Waals surface area contributed by atoms with Crippen molar-refractivity contribution in [1.29, 1.82) is 0 Å². The molecule has 0 saturated heterocycles. The van der Waals surface area contributed by atoms with Crippen molar-refractivity contribution >= 4 is 32.8 Å². The first-order valence-electron chi connectivity index (χ1n) is 6.17. The zero-order valence-electron chi connectivity index (χ0n) is 11.2. The Morgan fingerprint density at radius 1 is 1.38 bits per heavy atom. The van der Waals surface area contributed by atoms with E-state index in [9.17, 15) is 13.2 Å². The number of carboxylic acids is 1. The van der Waals surface area contributed by atoms with Crippen LogP contribution in [0.15, 0.2) is 34.5 Å². The lowest BCUT2D eigenvalue weighted by Crippen LogP contribution is -2.09. The maximum Gasteiger partial charge on any atom is 0.355 e. The van der Waals surface area contributed by atoms with Crippen molar-refractivity contribution in [3.8, 4) is 0 Å². The molecule has 0 radical (unpaired) electrons. The molecular formula is C13H14N2O4S2. The molecule has 2 N–H and O–H groups in total. The van der Waals surface area contributed by atoms with E-state index in [2.05, 4.69) is 10.3 Å². The summed E-state index contributed by atoms with van der Waals surface area (Å²) in [6, 6.07) is 6.63. The number of para-hydroxylation sites is 1. The van der Waals surface area contributed by atoms with Gasteiger partial charge in [-0.15, -0.1) is 11.3 Å². The average molecular weight is 326 g/mol. The van der Waals surface area contributed by atoms with E-state index in [1.165, 1.54) is 16.7 Å². The summed E-state index contributed by atoms with van der Waals surface area (Å²) in [5.41, 5.74) is 0.484. The van der Waals surface area contributed by atoms with Crippen LogP contribution in [-0.4, -0.2) is 30.2 Å². The normalized spacial score (nSPS) is 11.3. The van der Waals surface area contributed by atoms with E-state index in [1.807, 2.05) is 0 Å². The van der Waals surface area contributed by atoms with Crippen LogP contribution in [0.3, 0.4) is 0 Å². The van der Waals surface area contributed by atoms with E-state index in [1.54, 1.807) is 31.2 Å². The van der Waals surface area contributed by atoms with Gasteiger partial charge in [0.05, 0.1) is 22.9 Å². The Kier molecular flexibility index (Phi) is 4.59. The van der Waals surface area contributed by atoms with Gasteiger partial charge in [0.15, 0.2) is 15.5 Å². The number of sulfone groups is 1. The van der Waals surface area contributed by atoms with Crippen molar-refractivity contribution in [2.24, 2.45) is 0 Å². The van der Waals surface area contributed by atoms with Gasteiger partial charge in [-0.25, -0.2) is 18.2 Å². The van der Waals surface area contributed by atoms with Gasteiger partial charge in [-0.05, 0) is 12.1 Å². The standard InChI is InChI=1S/C13H14N2O4S2/c1-2-21(18,19)11-6-4-3-5-9(11)14-7-12-15-10(8-20-12)13(16)17/h3-6,8,14H,2,7H2,1H3,(H,16,17). The van der Waals surface area contributed by atoms with Crippen LogP contribution in [-0.2, 0) is 16.4 Å². The highest BCUT2D eigenvalue weighted by atomic mass is 32.2. The number of thiazole rings is 1. The van der Waals surface area contributed by atoms with Crippen molar-refractivity contribution < 1.29 is 18.3 Å². The van der Waals surface area contributed by atoms with Crippen LogP contribution in [0, 0.1) is 0 Å². The number of benzene rings is 1. The van der Waals surface area contributed by atoms with Gasteiger partial charge >= 0.3 is 5.97 Å². The molecule has 0 spiro atoms. The molecule has 2 rings (SSSR count). The van der Waals surface area contributed by atoms with Crippen molar-refractivity contribution in [2.75, 3.05) is 11.1 Å². The topological polar surface area (TPSA) is 96.4 Å². The van der Waals surface area contributed by atoms with Gasteiger partial charge in [0, 0.05) is 5.38 Å². The fraction of sp³-hybridized carbons (Fsp3) is 0.231. The fourth-order valence-corrected chi connectivity index (χ4v) is 3.48. The summed E-state index contributed by atoms with van der Waals surface area (Å²) in [6.45, 7) is 1.86. The molecule has 8 heteroatoms. The Hall–Kier alpha value is -1.93. The summed E-state index contributed by atoms with van der Waals surface area (Å²) in [6.07, 6.45) is 0. The smallest absolute Gasteiger partial charge is 0.355 e. The molecule has 0 aliphatic carbocycles. The Balaban J connectivity index is 2.18. The quantitative estimate of drug-likeness (QED) is 0.845. The van der Waals surface area contributed by atoms with Crippen LogP contribution >= 0.6 is 11.3 Å². The van der Waals surface area contributed by atoms with Gasteiger partial charge in [-0.2, -0.15) is 0 Å². The van der Waals surface area contributed by atoms with Gasteiger partial charge < -0.3 is 10.4 Å². The van der Waals surface area contributed by atoms with Crippen LogP contribution in [0.1, 0.15) is 22.4 Å². The highest BCUT2D eigenvalue weighted by Crippen LogP contribution is 2.23. The van der Waals surface area contributed by atoms with Crippen molar-refractivity contribution in [1.82, 2.24) is 4.98 Å². The average Bonchev–Trinajstić information content (AvgIpc) is 2.94. The van der Waals surface area contributed by atoms with Gasteiger partial charge in [0.1, 0.15) is 5.01 Å². The minimum Gasteiger partial charge on any atom is -0.476 e. The molecule has 0 atom stereocenters. The van der Waals surface area contributed by atoms with E-state index in [4.69, 9.17) is 5.11 Å². The number of hydrogen-bond acceptors (Lipinski definition) is 6. The van der Waals surface area contributed by atoms with E-state index in [0.29, 0.717) is 10.7 Å². The highest BCUT2D eigenvalue weighted by Gasteiger charge is 2.16. The highest BCUT2D eigenvalue weighted by molar-refractivity contribution is 7.91. The van der Waals surface area contributed by atoms with E-state index in [0.717, 1.165) is 0 Å². The number of hydrogen-bond donors (Lipinski definition) is 2. The molecule has 21 heavy (non-hydrogen) atoms. The molecular weight excluding hydrogens is 312 g/mol. The molecule has 1 aromatic heterocycles. The second-order valence-electron chi connectivity index (χ2n) is 4.18. The van der Waals surface area contributed by atoms with Crippen LogP contribution in [0.5, 0.6) is 0 Å². The third kappa shape index (κ3) is 3.59. The summed E-state index contributed by atoms with van der Waals surface area (Å²) in [5, 5.41) is 13.8. The summed E-state index contributed by atoms with van der Waals surface area (Å²) in [4.78, 5) is 14.9. The molecule has 0 bridgehead atoms. The lowest BCUT2D eigenvalue weighted by molar-refractivity contribution is 0.0691. The van der Waals surface area contributed by atoms with Crippen molar-refractivity contribution in [3.63, 3.8) is 0 Å². The maximum absolute atomic E-state index is 12.0. The SMILES string of the molecule is CCS(=O)(=O)c1ccccc1NCc1nc(C(=O)O)cs1. The number of aromatic carboxylic acids is 1. The first-order valence-corrected chi connectivity index (χ1v) is 8.70. The molecule has 1 aromatic carbocycles. The zero-order chi connectivity index (χ0) is 15.5. The molecule has 112 valence electrons. The number of carbonyl (C=O) groups is 1. The number of rotatable bonds is 6. The van der Waals surface area contributed by atoms with Gasteiger partial charge in [-0.1, -0.05) is 19.1 Å². The predicted octanol–water partition coefficient (Wildman–Crippen LogP) is 2.25.